The van der Waals surface area contributed by atoms with Crippen molar-refractivity contribution in [1.29, 1.82) is 0 Å². The Morgan fingerprint density at radius 1 is 1.06 bits per heavy atom. The van der Waals surface area contributed by atoms with Crippen LogP contribution in [0.2, 0.25) is 0 Å². The minimum atomic E-state index is -0.898. The second kappa shape index (κ2) is 9.74. The minimum absolute atomic E-state index is 0.0247. The van der Waals surface area contributed by atoms with Crippen LogP contribution >= 0.6 is 0 Å². The number of hydrogen-bond acceptors (Lipinski definition) is 5. The molecule has 0 bridgehead atoms. The number of nitro groups is 1. The van der Waals surface area contributed by atoms with E-state index in [1.807, 2.05) is 49.4 Å². The Hall–Kier alpha value is -4.20. The highest BCUT2D eigenvalue weighted by atomic mass is 16.6. The Labute approximate surface area is 196 Å². The molecule has 8 nitrogen and oxygen atoms in total. The first-order valence-corrected chi connectivity index (χ1v) is 11.0. The van der Waals surface area contributed by atoms with Gasteiger partial charge in [-0.15, -0.1) is 0 Å². The van der Waals surface area contributed by atoms with E-state index in [-0.39, 0.29) is 30.0 Å². The molecule has 0 radical (unpaired) electrons. The number of carbonyl (C=O) groups is 2. The van der Waals surface area contributed by atoms with Crippen molar-refractivity contribution in [3.8, 4) is 5.75 Å². The van der Waals surface area contributed by atoms with Crippen LogP contribution < -0.4 is 9.64 Å². The van der Waals surface area contributed by atoms with Crippen LogP contribution in [-0.2, 0) is 11.4 Å². The van der Waals surface area contributed by atoms with E-state index in [2.05, 4.69) is 0 Å². The van der Waals surface area contributed by atoms with E-state index in [1.165, 1.54) is 24.3 Å². The predicted molar refractivity (Wildman–Crippen MR) is 126 cm³/mol. The fourth-order valence-electron chi connectivity index (χ4n) is 4.37. The van der Waals surface area contributed by atoms with Crippen LogP contribution in [0.4, 0.5) is 11.4 Å². The Balaban J connectivity index is 1.63. The van der Waals surface area contributed by atoms with E-state index in [0.29, 0.717) is 30.0 Å². The number of non-ortho nitro benzene ring substituents is 1. The molecule has 34 heavy (non-hydrogen) atoms. The highest BCUT2D eigenvalue weighted by Crippen LogP contribution is 2.45. The maximum Gasteiger partial charge on any atom is 0.303 e. The van der Waals surface area contributed by atoms with Gasteiger partial charge < -0.3 is 14.7 Å². The number of carboxylic acids is 1. The molecule has 1 aliphatic rings. The molecule has 1 heterocycles. The molecule has 8 heteroatoms. The molecule has 0 unspecified atom stereocenters. The number of nitro benzene ring substituents is 1. The molecule has 2 atom stereocenters. The van der Waals surface area contributed by atoms with Crippen molar-refractivity contribution in [2.45, 2.75) is 38.3 Å². The molecular formula is C26H24N2O6. The third-order valence-electron chi connectivity index (χ3n) is 6.11. The van der Waals surface area contributed by atoms with E-state index in [4.69, 9.17) is 4.74 Å². The average molecular weight is 460 g/mol. The summed E-state index contributed by atoms with van der Waals surface area (Å²) in [6, 6.07) is 20.4. The van der Waals surface area contributed by atoms with Crippen LogP contribution in [0.3, 0.4) is 0 Å². The zero-order chi connectivity index (χ0) is 24.2. The summed E-state index contributed by atoms with van der Waals surface area (Å²) in [5, 5.41) is 20.2. The summed E-state index contributed by atoms with van der Waals surface area (Å²) < 4.78 is 5.96. The number of aliphatic carboxylic acids is 1. The SMILES string of the molecule is C[C@H]1[C@@H](CCC(=O)O)c2cc(OCc3ccccc3)ccc2N1C(=O)c1ccc([N+](=O)[O-])cc1. The van der Waals surface area contributed by atoms with Gasteiger partial charge in [-0.2, -0.15) is 0 Å². The van der Waals surface area contributed by atoms with Crippen molar-refractivity contribution in [3.63, 3.8) is 0 Å². The lowest BCUT2D eigenvalue weighted by Crippen LogP contribution is -2.37. The number of ether oxygens (including phenoxy) is 1. The van der Waals surface area contributed by atoms with Gasteiger partial charge in [0.25, 0.3) is 11.6 Å². The lowest BCUT2D eigenvalue weighted by molar-refractivity contribution is -0.384. The molecule has 1 N–H and O–H groups in total. The van der Waals surface area contributed by atoms with Crippen molar-refractivity contribution in [3.05, 3.63) is 99.6 Å². The van der Waals surface area contributed by atoms with E-state index >= 15 is 0 Å². The van der Waals surface area contributed by atoms with E-state index < -0.39 is 10.9 Å². The monoisotopic (exact) mass is 460 g/mol. The van der Waals surface area contributed by atoms with Crippen LogP contribution in [0.15, 0.2) is 72.8 Å². The molecule has 0 spiro atoms. The smallest absolute Gasteiger partial charge is 0.303 e. The van der Waals surface area contributed by atoms with E-state index in [1.54, 1.807) is 11.0 Å². The molecule has 3 aromatic rings. The molecule has 0 aromatic heterocycles. The number of rotatable bonds is 8. The van der Waals surface area contributed by atoms with Gasteiger partial charge in [0.15, 0.2) is 0 Å². The number of benzene rings is 3. The van der Waals surface area contributed by atoms with E-state index in [9.17, 15) is 24.8 Å². The fraction of sp³-hybridized carbons (Fsp3) is 0.231. The van der Waals surface area contributed by atoms with Gasteiger partial charge in [-0.05, 0) is 54.8 Å². The third kappa shape index (κ3) is 4.76. The van der Waals surface area contributed by atoms with Gasteiger partial charge in [-0.1, -0.05) is 30.3 Å². The maximum absolute atomic E-state index is 13.4. The zero-order valence-corrected chi connectivity index (χ0v) is 18.6. The first-order chi connectivity index (χ1) is 16.3. The van der Waals surface area contributed by atoms with Gasteiger partial charge >= 0.3 is 5.97 Å². The second-order valence-corrected chi connectivity index (χ2v) is 8.25. The number of fused-ring (bicyclic) bond motifs is 1. The Morgan fingerprint density at radius 2 is 1.76 bits per heavy atom. The summed E-state index contributed by atoms with van der Waals surface area (Å²) in [5.41, 5.74) is 2.80. The Morgan fingerprint density at radius 3 is 2.41 bits per heavy atom. The Kier molecular flexibility index (Phi) is 6.58. The molecule has 0 aliphatic carbocycles. The number of anilines is 1. The molecule has 4 rings (SSSR count). The summed E-state index contributed by atoms with van der Waals surface area (Å²) in [5.74, 6) is -0.738. The van der Waals surface area contributed by atoms with Gasteiger partial charge in [0.1, 0.15) is 12.4 Å². The van der Waals surface area contributed by atoms with Crippen molar-refractivity contribution < 1.29 is 24.4 Å². The molecule has 174 valence electrons. The van der Waals surface area contributed by atoms with Crippen LogP contribution in [0.5, 0.6) is 5.75 Å². The van der Waals surface area contributed by atoms with Gasteiger partial charge in [0, 0.05) is 41.8 Å². The van der Waals surface area contributed by atoms with Crippen LogP contribution in [0, 0.1) is 10.1 Å². The standard InChI is InChI=1S/C26H24N2O6/c1-17-22(12-14-25(29)30)23-15-21(34-16-18-5-3-2-4-6-18)11-13-24(23)27(17)26(31)19-7-9-20(10-8-19)28(32)33/h2-11,13,15,17,22H,12,14,16H2,1H3,(H,29,30)/t17-,22+/m0/s1. The topological polar surface area (TPSA) is 110 Å². The molecule has 1 aliphatic heterocycles. The average Bonchev–Trinajstić information content (AvgIpc) is 3.12. The molecule has 0 fully saturated rings. The summed E-state index contributed by atoms with van der Waals surface area (Å²) >= 11 is 0. The number of carbonyl (C=O) groups excluding carboxylic acids is 1. The second-order valence-electron chi connectivity index (χ2n) is 8.25. The van der Waals surface area contributed by atoms with Crippen LogP contribution in [0.25, 0.3) is 0 Å². The number of amides is 1. The maximum atomic E-state index is 13.4. The van der Waals surface area contributed by atoms with Crippen molar-refractivity contribution in [2.75, 3.05) is 4.90 Å². The summed E-state index contributed by atoms with van der Waals surface area (Å²) in [6.45, 7) is 2.28. The molecule has 0 saturated heterocycles. The summed E-state index contributed by atoms with van der Waals surface area (Å²) in [7, 11) is 0. The predicted octanol–water partition coefficient (Wildman–Crippen LogP) is 5.17. The normalized spacial score (nSPS) is 16.7. The first-order valence-electron chi connectivity index (χ1n) is 11.0. The molecular weight excluding hydrogens is 436 g/mol. The first kappa shape index (κ1) is 23.0. The van der Waals surface area contributed by atoms with Gasteiger partial charge in [-0.3, -0.25) is 19.7 Å². The third-order valence-corrected chi connectivity index (χ3v) is 6.11. The van der Waals surface area contributed by atoms with Crippen molar-refractivity contribution >= 4 is 23.3 Å². The van der Waals surface area contributed by atoms with Gasteiger partial charge in [0.05, 0.1) is 4.92 Å². The van der Waals surface area contributed by atoms with Crippen molar-refractivity contribution in [1.82, 2.24) is 0 Å². The summed E-state index contributed by atoms with van der Waals surface area (Å²) in [6.07, 6.45) is 0.346. The highest BCUT2D eigenvalue weighted by Gasteiger charge is 2.39. The molecule has 0 saturated carbocycles. The van der Waals surface area contributed by atoms with Crippen LogP contribution in [0.1, 0.15) is 47.2 Å². The lowest BCUT2D eigenvalue weighted by Gasteiger charge is -2.25. The number of carboxylic acid groups (broad SMARTS) is 1. The molecule has 3 aromatic carbocycles. The van der Waals surface area contributed by atoms with Crippen molar-refractivity contribution in [2.24, 2.45) is 0 Å². The quantitative estimate of drug-likeness (QED) is 0.367. The van der Waals surface area contributed by atoms with Gasteiger partial charge in [-0.25, -0.2) is 0 Å². The number of nitrogens with zero attached hydrogens (tertiary/aromatic N) is 2. The molecule has 1 amide bonds. The largest absolute Gasteiger partial charge is 0.489 e. The Bertz CT molecular complexity index is 1210. The highest BCUT2D eigenvalue weighted by molar-refractivity contribution is 6.08. The van der Waals surface area contributed by atoms with Crippen LogP contribution in [-0.4, -0.2) is 27.9 Å². The zero-order valence-electron chi connectivity index (χ0n) is 18.6. The van der Waals surface area contributed by atoms with E-state index in [0.717, 1.165) is 11.1 Å². The minimum Gasteiger partial charge on any atom is -0.489 e. The van der Waals surface area contributed by atoms with Gasteiger partial charge in [0.2, 0.25) is 0 Å². The lowest BCUT2D eigenvalue weighted by atomic mass is 9.91. The fourth-order valence-corrected chi connectivity index (χ4v) is 4.37. The number of hydrogen-bond donors (Lipinski definition) is 1. The summed E-state index contributed by atoms with van der Waals surface area (Å²) in [4.78, 5) is 36.7.